The fourth-order valence-corrected chi connectivity index (χ4v) is 0.734. The van der Waals surface area contributed by atoms with Gasteiger partial charge in [-0.05, 0) is 6.07 Å². The van der Waals surface area contributed by atoms with Crippen molar-refractivity contribution in [3.05, 3.63) is 24.3 Å². The lowest BCUT2D eigenvalue weighted by atomic mass is 10.2. The number of hydrogen-bond acceptors (Lipinski definition) is 4. The highest BCUT2D eigenvalue weighted by Crippen LogP contribution is 1.91. The van der Waals surface area contributed by atoms with Crippen LogP contribution in [0, 0.1) is 0 Å². The minimum atomic E-state index is -0.252. The molecule has 0 aliphatic rings. The molecular formula is C7H11N3O. The maximum Gasteiger partial charge on any atom is 0.129 e. The van der Waals surface area contributed by atoms with Gasteiger partial charge in [0.25, 0.3) is 0 Å². The average Bonchev–Trinajstić information content (AvgIpc) is 2.06. The lowest BCUT2D eigenvalue weighted by molar-refractivity contribution is 0.264. The molecule has 4 heteroatoms. The SMILES string of the molecule is N[C@H](CO)Cc1ncccn1. The molecule has 0 unspecified atom stereocenters. The van der Waals surface area contributed by atoms with Crippen molar-refractivity contribution < 1.29 is 5.11 Å². The summed E-state index contributed by atoms with van der Waals surface area (Å²) in [6.45, 7) is -0.0295. The van der Waals surface area contributed by atoms with E-state index < -0.39 is 0 Å². The summed E-state index contributed by atoms with van der Waals surface area (Å²) in [7, 11) is 0. The van der Waals surface area contributed by atoms with E-state index in [1.807, 2.05) is 0 Å². The summed E-state index contributed by atoms with van der Waals surface area (Å²) in [5.74, 6) is 0.675. The Morgan fingerprint density at radius 1 is 1.45 bits per heavy atom. The molecule has 1 rings (SSSR count). The van der Waals surface area contributed by atoms with Gasteiger partial charge >= 0.3 is 0 Å². The Morgan fingerprint density at radius 2 is 2.09 bits per heavy atom. The molecule has 0 amide bonds. The van der Waals surface area contributed by atoms with E-state index in [0.29, 0.717) is 12.2 Å². The first-order valence-corrected chi connectivity index (χ1v) is 3.45. The molecule has 1 atom stereocenters. The zero-order valence-corrected chi connectivity index (χ0v) is 6.14. The van der Waals surface area contributed by atoms with Crippen LogP contribution >= 0.6 is 0 Å². The van der Waals surface area contributed by atoms with Crippen molar-refractivity contribution in [2.75, 3.05) is 6.61 Å². The highest BCUT2D eigenvalue weighted by Gasteiger charge is 2.02. The van der Waals surface area contributed by atoms with Crippen molar-refractivity contribution in [1.29, 1.82) is 0 Å². The van der Waals surface area contributed by atoms with E-state index in [9.17, 15) is 0 Å². The number of nitrogens with zero attached hydrogens (tertiary/aromatic N) is 2. The molecule has 1 aromatic heterocycles. The first kappa shape index (κ1) is 8.10. The molecule has 0 aliphatic heterocycles. The minimum Gasteiger partial charge on any atom is -0.395 e. The van der Waals surface area contributed by atoms with Crippen LogP contribution in [-0.4, -0.2) is 27.7 Å². The molecule has 4 nitrogen and oxygen atoms in total. The third-order valence-corrected chi connectivity index (χ3v) is 1.30. The van der Waals surface area contributed by atoms with E-state index in [1.165, 1.54) is 0 Å². The summed E-state index contributed by atoms with van der Waals surface area (Å²) in [4.78, 5) is 7.93. The van der Waals surface area contributed by atoms with Gasteiger partial charge < -0.3 is 10.8 Å². The summed E-state index contributed by atoms with van der Waals surface area (Å²) in [5, 5.41) is 8.62. The Labute approximate surface area is 65.1 Å². The Kier molecular flexibility index (Phi) is 2.95. The number of rotatable bonds is 3. The molecular weight excluding hydrogens is 142 g/mol. The van der Waals surface area contributed by atoms with Crippen LogP contribution in [0.3, 0.4) is 0 Å². The molecule has 0 fully saturated rings. The van der Waals surface area contributed by atoms with Gasteiger partial charge in [-0.1, -0.05) is 0 Å². The largest absolute Gasteiger partial charge is 0.395 e. The number of aliphatic hydroxyl groups is 1. The monoisotopic (exact) mass is 153 g/mol. The van der Waals surface area contributed by atoms with Gasteiger partial charge in [0, 0.05) is 24.9 Å². The van der Waals surface area contributed by atoms with Crippen LogP contribution in [0.1, 0.15) is 5.82 Å². The summed E-state index contributed by atoms with van der Waals surface area (Å²) >= 11 is 0. The number of nitrogens with two attached hydrogens (primary N) is 1. The summed E-state index contributed by atoms with van der Waals surface area (Å²) in [5.41, 5.74) is 5.47. The first-order chi connectivity index (χ1) is 5.33. The number of hydrogen-bond donors (Lipinski definition) is 2. The Balaban J connectivity index is 2.51. The van der Waals surface area contributed by atoms with Gasteiger partial charge in [0.2, 0.25) is 0 Å². The van der Waals surface area contributed by atoms with Crippen molar-refractivity contribution in [1.82, 2.24) is 9.97 Å². The lowest BCUT2D eigenvalue weighted by Gasteiger charge is -2.04. The zero-order valence-electron chi connectivity index (χ0n) is 6.14. The Bertz CT molecular complexity index is 202. The normalized spacial score (nSPS) is 12.9. The van der Waals surface area contributed by atoms with Crippen molar-refractivity contribution in [2.24, 2.45) is 5.73 Å². The maximum atomic E-state index is 8.62. The van der Waals surface area contributed by atoms with Crippen LogP contribution < -0.4 is 5.73 Å². The van der Waals surface area contributed by atoms with E-state index in [-0.39, 0.29) is 12.6 Å². The Morgan fingerprint density at radius 3 is 2.64 bits per heavy atom. The summed E-state index contributed by atoms with van der Waals surface area (Å²) in [6.07, 6.45) is 3.84. The predicted molar refractivity (Wildman–Crippen MR) is 40.8 cm³/mol. The second-order valence-electron chi connectivity index (χ2n) is 2.31. The molecule has 11 heavy (non-hydrogen) atoms. The van der Waals surface area contributed by atoms with E-state index in [1.54, 1.807) is 18.5 Å². The van der Waals surface area contributed by atoms with Gasteiger partial charge in [-0.2, -0.15) is 0 Å². The van der Waals surface area contributed by atoms with Gasteiger partial charge in [0.05, 0.1) is 6.61 Å². The molecule has 3 N–H and O–H groups in total. The van der Waals surface area contributed by atoms with E-state index >= 15 is 0 Å². The highest BCUT2D eigenvalue weighted by atomic mass is 16.3. The molecule has 0 radical (unpaired) electrons. The zero-order chi connectivity index (χ0) is 8.10. The fourth-order valence-electron chi connectivity index (χ4n) is 0.734. The molecule has 0 aromatic carbocycles. The van der Waals surface area contributed by atoms with Crippen LogP contribution in [0.15, 0.2) is 18.5 Å². The summed E-state index contributed by atoms with van der Waals surface area (Å²) in [6, 6.07) is 1.49. The number of aliphatic hydroxyl groups excluding tert-OH is 1. The van der Waals surface area contributed by atoms with Crippen LogP contribution in [0.2, 0.25) is 0 Å². The molecule has 0 spiro atoms. The van der Waals surface area contributed by atoms with E-state index in [4.69, 9.17) is 10.8 Å². The standard InChI is InChI=1S/C7H11N3O/c8-6(5-11)4-7-9-2-1-3-10-7/h1-3,6,11H,4-5,8H2/t6-/m0/s1. The van der Waals surface area contributed by atoms with E-state index in [2.05, 4.69) is 9.97 Å². The van der Waals surface area contributed by atoms with E-state index in [0.717, 1.165) is 0 Å². The molecule has 1 aromatic rings. The van der Waals surface area contributed by atoms with Crippen molar-refractivity contribution >= 4 is 0 Å². The highest BCUT2D eigenvalue weighted by molar-refractivity contribution is 4.90. The van der Waals surface area contributed by atoms with Crippen molar-refractivity contribution in [2.45, 2.75) is 12.5 Å². The first-order valence-electron chi connectivity index (χ1n) is 3.45. The van der Waals surface area contributed by atoms with Crippen LogP contribution in [0.5, 0.6) is 0 Å². The van der Waals surface area contributed by atoms with Crippen molar-refractivity contribution in [3.8, 4) is 0 Å². The third kappa shape index (κ3) is 2.61. The molecule has 60 valence electrons. The predicted octanol–water partition coefficient (Wildman–Crippen LogP) is -0.661. The maximum absolute atomic E-state index is 8.62. The lowest BCUT2D eigenvalue weighted by Crippen LogP contribution is -2.27. The minimum absolute atomic E-state index is 0.0295. The molecule has 0 saturated carbocycles. The number of aromatic nitrogens is 2. The summed E-state index contributed by atoms with van der Waals surface area (Å²) < 4.78 is 0. The van der Waals surface area contributed by atoms with Gasteiger partial charge in [0.1, 0.15) is 5.82 Å². The fraction of sp³-hybridized carbons (Fsp3) is 0.429. The van der Waals surface area contributed by atoms with Crippen LogP contribution in [-0.2, 0) is 6.42 Å². The topological polar surface area (TPSA) is 72.0 Å². The van der Waals surface area contributed by atoms with Gasteiger partial charge in [-0.25, -0.2) is 9.97 Å². The molecule has 1 heterocycles. The average molecular weight is 153 g/mol. The third-order valence-electron chi connectivity index (χ3n) is 1.30. The molecule has 0 bridgehead atoms. The van der Waals surface area contributed by atoms with Crippen LogP contribution in [0.4, 0.5) is 0 Å². The molecule has 0 saturated heterocycles. The van der Waals surface area contributed by atoms with Crippen LogP contribution in [0.25, 0.3) is 0 Å². The Hall–Kier alpha value is -1.00. The van der Waals surface area contributed by atoms with Gasteiger partial charge in [-0.15, -0.1) is 0 Å². The quantitative estimate of drug-likeness (QED) is 0.604. The second-order valence-corrected chi connectivity index (χ2v) is 2.31. The second kappa shape index (κ2) is 4.00. The smallest absolute Gasteiger partial charge is 0.129 e. The van der Waals surface area contributed by atoms with Gasteiger partial charge in [-0.3, -0.25) is 0 Å². The van der Waals surface area contributed by atoms with Crippen molar-refractivity contribution in [3.63, 3.8) is 0 Å². The van der Waals surface area contributed by atoms with Gasteiger partial charge in [0.15, 0.2) is 0 Å². The molecule has 0 aliphatic carbocycles.